The maximum Gasteiger partial charge on any atom is 0.319 e. The third-order valence-corrected chi connectivity index (χ3v) is 10.1. The molecule has 0 bridgehead atoms. The largest absolute Gasteiger partial charge is 0.453 e. The number of halogens is 1. The molecule has 44 heavy (non-hydrogen) atoms. The number of pyridine rings is 2. The van der Waals surface area contributed by atoms with Crippen LogP contribution in [0, 0.1) is 5.82 Å². The number of carbonyl (C=O) groups excluding carboxylic acids is 1. The first kappa shape index (κ1) is 30.1. The minimum Gasteiger partial charge on any atom is -0.453 e. The van der Waals surface area contributed by atoms with Crippen molar-refractivity contribution in [2.24, 2.45) is 0 Å². The molecule has 1 fully saturated rings. The maximum atomic E-state index is 15.0. The Morgan fingerprint density at radius 3 is 2.70 bits per heavy atom. The van der Waals surface area contributed by atoms with Crippen LogP contribution in [-0.2, 0) is 16.6 Å². The van der Waals surface area contributed by atoms with Crippen LogP contribution in [-0.4, -0.2) is 72.1 Å². The zero-order valence-corrected chi connectivity index (χ0v) is 26.0. The molecule has 2 aliphatic heterocycles. The molecule has 2 amide bonds. The Balaban J connectivity index is 1.09. The number of anilines is 1. The molecule has 0 unspecified atom stereocenters. The summed E-state index contributed by atoms with van der Waals surface area (Å²) in [5.41, 5.74) is 4.42. The molecule has 0 spiro atoms. The van der Waals surface area contributed by atoms with Gasteiger partial charge in [-0.2, -0.15) is 4.31 Å². The second-order valence-corrected chi connectivity index (χ2v) is 14.2. The molecule has 3 aromatic heterocycles. The van der Waals surface area contributed by atoms with E-state index in [4.69, 9.17) is 9.72 Å². The summed E-state index contributed by atoms with van der Waals surface area (Å²) in [6.07, 6.45) is 9.17. The number of hydrogen-bond acceptors (Lipinski definition) is 8. The number of carbonyl (C=O) groups is 1. The number of urea groups is 1. The number of aromatic nitrogens is 2. The number of nitrogens with zero attached hydrogens (tertiary/aromatic N) is 4. The fraction of sp³-hybridized carbons (Fsp3) is 0.323. The van der Waals surface area contributed by atoms with Crippen LogP contribution in [0.25, 0.3) is 20.8 Å². The number of rotatable bonds is 8. The first-order chi connectivity index (χ1) is 21.1. The van der Waals surface area contributed by atoms with Gasteiger partial charge in [-0.1, -0.05) is 17.7 Å². The molecule has 0 saturated carbocycles. The lowest BCUT2D eigenvalue weighted by Crippen LogP contribution is -2.61. The van der Waals surface area contributed by atoms with E-state index in [9.17, 15) is 13.2 Å². The summed E-state index contributed by atoms with van der Waals surface area (Å²) in [5.74, 6) is -0.183. The topological polar surface area (TPSA) is 117 Å². The first-order valence-electron chi connectivity index (χ1n) is 14.3. The summed E-state index contributed by atoms with van der Waals surface area (Å²) in [4.78, 5) is 24.9. The minimum absolute atomic E-state index is 0.00239. The van der Waals surface area contributed by atoms with Crippen molar-refractivity contribution >= 4 is 43.3 Å². The van der Waals surface area contributed by atoms with Crippen molar-refractivity contribution in [1.29, 1.82) is 0 Å². The van der Waals surface area contributed by atoms with Crippen molar-refractivity contribution in [2.45, 2.75) is 32.4 Å². The number of amides is 2. The van der Waals surface area contributed by atoms with Gasteiger partial charge >= 0.3 is 6.03 Å². The highest BCUT2D eigenvalue weighted by molar-refractivity contribution is 7.88. The fourth-order valence-corrected chi connectivity index (χ4v) is 7.12. The Hall–Kier alpha value is -3.91. The van der Waals surface area contributed by atoms with Gasteiger partial charge in [0.25, 0.3) is 0 Å². The van der Waals surface area contributed by atoms with Gasteiger partial charge in [0, 0.05) is 62.9 Å². The van der Waals surface area contributed by atoms with Crippen molar-refractivity contribution in [3.05, 3.63) is 77.9 Å². The van der Waals surface area contributed by atoms with Gasteiger partial charge in [-0.15, -0.1) is 11.3 Å². The van der Waals surface area contributed by atoms with Crippen molar-refractivity contribution in [3.8, 4) is 22.1 Å². The Kier molecular flexibility index (Phi) is 8.63. The lowest BCUT2D eigenvalue weighted by atomic mass is 10.2. The van der Waals surface area contributed by atoms with Gasteiger partial charge in [0.05, 0.1) is 33.1 Å². The summed E-state index contributed by atoms with van der Waals surface area (Å²) in [5, 5.41) is 5.25. The van der Waals surface area contributed by atoms with Gasteiger partial charge in [-0.05, 0) is 49.6 Å². The predicted molar refractivity (Wildman–Crippen MR) is 170 cm³/mol. The van der Waals surface area contributed by atoms with Crippen LogP contribution in [0.2, 0.25) is 0 Å². The Morgan fingerprint density at radius 1 is 1.11 bits per heavy atom. The molecule has 0 atom stereocenters. The van der Waals surface area contributed by atoms with E-state index in [0.717, 1.165) is 59.5 Å². The van der Waals surface area contributed by atoms with Crippen LogP contribution in [0.1, 0.15) is 25.3 Å². The smallest absolute Gasteiger partial charge is 0.319 e. The highest BCUT2D eigenvalue weighted by atomic mass is 32.2. The average Bonchev–Trinajstić information content (AvgIpc) is 3.29. The number of sulfonamides is 1. The molecule has 2 N–H and O–H groups in total. The van der Waals surface area contributed by atoms with Gasteiger partial charge in [0.1, 0.15) is 5.75 Å². The van der Waals surface area contributed by atoms with Gasteiger partial charge in [0.2, 0.25) is 10.0 Å². The Bertz CT molecular complexity index is 1820. The van der Waals surface area contributed by atoms with Gasteiger partial charge in [-0.25, -0.2) is 17.6 Å². The second-order valence-electron chi connectivity index (χ2n) is 11.2. The van der Waals surface area contributed by atoms with Crippen molar-refractivity contribution in [3.63, 3.8) is 0 Å². The molecule has 6 rings (SSSR count). The van der Waals surface area contributed by atoms with Crippen LogP contribution < -0.4 is 15.4 Å². The van der Waals surface area contributed by atoms with Gasteiger partial charge < -0.3 is 15.4 Å². The summed E-state index contributed by atoms with van der Waals surface area (Å²) in [6, 6.07) is 11.1. The van der Waals surface area contributed by atoms with Crippen molar-refractivity contribution in [2.75, 3.05) is 37.8 Å². The van der Waals surface area contributed by atoms with Crippen LogP contribution in [0.15, 0.2) is 66.5 Å². The van der Waals surface area contributed by atoms with Gasteiger partial charge in [0.15, 0.2) is 11.6 Å². The van der Waals surface area contributed by atoms with Crippen molar-refractivity contribution < 1.29 is 22.3 Å². The van der Waals surface area contributed by atoms with E-state index in [1.165, 1.54) is 45.0 Å². The standard InChI is InChI=1S/C31H33FN6O4S2/c1-20-4-3-12-37(13-10-20)17-21-5-7-25(34-16-21)29-15-26-30(43-29)28(9-11-33-26)42-27-8-6-22(14-24(27)32)35-31(39)36-23-18-38(19-23)44(2,40)41/h4-9,11,14-16,23H,3,10,12-13,17-19H2,1-2H3,(H2,35,36,39). The van der Waals surface area contributed by atoms with E-state index < -0.39 is 21.9 Å². The monoisotopic (exact) mass is 636 g/mol. The molecule has 2 aliphatic rings. The highest BCUT2D eigenvalue weighted by Gasteiger charge is 2.34. The molecule has 10 nitrogen and oxygen atoms in total. The van der Waals surface area contributed by atoms with Crippen LogP contribution >= 0.6 is 11.3 Å². The molecular weight excluding hydrogens is 604 g/mol. The quantitative estimate of drug-likeness (QED) is 0.242. The minimum atomic E-state index is -3.28. The summed E-state index contributed by atoms with van der Waals surface area (Å²) in [6.45, 7) is 5.58. The molecule has 1 saturated heterocycles. The summed E-state index contributed by atoms with van der Waals surface area (Å²) < 4.78 is 46.0. The summed E-state index contributed by atoms with van der Waals surface area (Å²) >= 11 is 1.48. The lowest BCUT2D eigenvalue weighted by Gasteiger charge is -2.37. The number of fused-ring (bicyclic) bond motifs is 1. The number of ether oxygens (including phenoxy) is 1. The molecule has 5 heterocycles. The molecule has 4 aromatic rings. The third kappa shape index (κ3) is 7.07. The average molecular weight is 637 g/mol. The van der Waals surface area contributed by atoms with Crippen LogP contribution in [0.5, 0.6) is 11.5 Å². The van der Waals surface area contributed by atoms with E-state index >= 15 is 4.39 Å². The number of hydrogen-bond donors (Lipinski definition) is 2. The molecule has 13 heteroatoms. The molecule has 230 valence electrons. The maximum absolute atomic E-state index is 15.0. The first-order valence-corrected chi connectivity index (χ1v) is 17.0. The van der Waals surface area contributed by atoms with E-state index in [1.807, 2.05) is 18.3 Å². The van der Waals surface area contributed by atoms with Crippen LogP contribution in [0.4, 0.5) is 14.9 Å². The summed E-state index contributed by atoms with van der Waals surface area (Å²) in [7, 11) is -3.28. The molecule has 0 radical (unpaired) electrons. The zero-order valence-electron chi connectivity index (χ0n) is 24.4. The van der Waals surface area contributed by atoms with E-state index in [2.05, 4.69) is 39.6 Å². The molecule has 1 aromatic carbocycles. The second kappa shape index (κ2) is 12.6. The Labute approximate surface area is 259 Å². The van der Waals surface area contributed by atoms with Crippen molar-refractivity contribution in [1.82, 2.24) is 24.5 Å². The Morgan fingerprint density at radius 2 is 1.95 bits per heavy atom. The highest BCUT2D eigenvalue weighted by Crippen LogP contribution is 2.39. The number of thiophene rings is 1. The lowest BCUT2D eigenvalue weighted by molar-refractivity contribution is 0.214. The third-order valence-electron chi connectivity index (χ3n) is 7.68. The van der Waals surface area contributed by atoms with E-state index in [-0.39, 0.29) is 30.6 Å². The fourth-order valence-electron chi connectivity index (χ4n) is 5.18. The predicted octanol–water partition coefficient (Wildman–Crippen LogP) is 5.60. The molecular formula is C31H33FN6O4S2. The molecule has 0 aliphatic carbocycles. The normalized spacial score (nSPS) is 16.7. The van der Waals surface area contributed by atoms with E-state index in [1.54, 1.807) is 12.3 Å². The van der Waals surface area contributed by atoms with Gasteiger partial charge in [-0.3, -0.25) is 14.9 Å². The van der Waals surface area contributed by atoms with Crippen LogP contribution in [0.3, 0.4) is 0 Å². The number of benzene rings is 1. The number of nitrogens with one attached hydrogen (secondary N) is 2. The van der Waals surface area contributed by atoms with E-state index in [0.29, 0.717) is 5.75 Å². The zero-order chi connectivity index (χ0) is 30.8. The SMILES string of the molecule is CC1=CCCN(Cc2ccc(-c3cc4nccc(Oc5ccc(NC(=O)NC6CN(S(C)(=O)=O)C6)cc5F)c4s3)nc2)CC1.